The van der Waals surface area contributed by atoms with Crippen LogP contribution in [0.4, 0.5) is 10.5 Å². The Morgan fingerprint density at radius 1 is 1.06 bits per heavy atom. The van der Waals surface area contributed by atoms with Crippen molar-refractivity contribution in [1.82, 2.24) is 10.6 Å². The number of nitrogens with one attached hydrogen (secondary N) is 3. The van der Waals surface area contributed by atoms with Crippen molar-refractivity contribution in [3.63, 3.8) is 0 Å². The van der Waals surface area contributed by atoms with Crippen LogP contribution >= 0.6 is 39.1 Å². The van der Waals surface area contributed by atoms with Gasteiger partial charge < -0.3 is 20.7 Å². The Morgan fingerprint density at radius 3 is 2.26 bits per heavy atom. The van der Waals surface area contributed by atoms with Gasteiger partial charge in [0.25, 0.3) is 0 Å². The summed E-state index contributed by atoms with van der Waals surface area (Å²) in [6.07, 6.45) is 0.188. The van der Waals surface area contributed by atoms with Gasteiger partial charge in [-0.2, -0.15) is 0 Å². The number of urea groups is 1. The number of rotatable bonds is 8. The van der Waals surface area contributed by atoms with Gasteiger partial charge in [-0.05, 0) is 49.7 Å². The molecule has 0 heterocycles. The number of anilines is 1. The molecule has 2 aromatic carbocycles. The Morgan fingerprint density at radius 2 is 1.68 bits per heavy atom. The molecule has 1 unspecified atom stereocenters. The van der Waals surface area contributed by atoms with Crippen LogP contribution in [0.25, 0.3) is 0 Å². The molecule has 3 N–H and O–H groups in total. The SMILES string of the molecule is CCOC(=O)CNC(=O)NC(C)(Cc1ccc(Br)cc1)C(=O)Nc1cc(Cl)cc(Cl)c1. The van der Waals surface area contributed by atoms with Crippen LogP contribution in [0.15, 0.2) is 46.9 Å². The molecule has 3 amide bonds. The zero-order chi connectivity index (χ0) is 23.0. The molecule has 0 fully saturated rings. The molecule has 0 aliphatic heterocycles. The highest BCUT2D eigenvalue weighted by molar-refractivity contribution is 9.10. The van der Waals surface area contributed by atoms with E-state index in [9.17, 15) is 14.4 Å². The van der Waals surface area contributed by atoms with E-state index in [-0.39, 0.29) is 19.6 Å². The molecule has 0 bridgehead atoms. The Balaban J connectivity index is 2.21. The van der Waals surface area contributed by atoms with Crippen molar-refractivity contribution in [2.24, 2.45) is 0 Å². The van der Waals surface area contributed by atoms with Crippen LogP contribution in [0.5, 0.6) is 0 Å². The summed E-state index contributed by atoms with van der Waals surface area (Å²) in [4.78, 5) is 37.1. The fraction of sp³-hybridized carbons (Fsp3) is 0.286. The van der Waals surface area contributed by atoms with Crippen molar-refractivity contribution in [3.05, 3.63) is 62.5 Å². The smallest absolute Gasteiger partial charge is 0.325 e. The summed E-state index contributed by atoms with van der Waals surface area (Å²) in [5, 5.41) is 8.51. The molecule has 0 aliphatic rings. The van der Waals surface area contributed by atoms with Crippen molar-refractivity contribution in [2.75, 3.05) is 18.5 Å². The van der Waals surface area contributed by atoms with Crippen molar-refractivity contribution in [3.8, 4) is 0 Å². The molecular formula is C21H22BrCl2N3O4. The van der Waals surface area contributed by atoms with E-state index >= 15 is 0 Å². The highest BCUT2D eigenvalue weighted by Crippen LogP contribution is 2.24. The van der Waals surface area contributed by atoms with Crippen LogP contribution in [-0.4, -0.2) is 36.6 Å². The summed E-state index contributed by atoms with van der Waals surface area (Å²) in [5.41, 5.74) is -0.157. The fourth-order valence-corrected chi connectivity index (χ4v) is 3.54. The number of halogens is 3. The Bertz CT molecular complexity index is 936. The minimum absolute atomic E-state index is 0.188. The van der Waals surface area contributed by atoms with Gasteiger partial charge in [0.2, 0.25) is 5.91 Å². The summed E-state index contributed by atoms with van der Waals surface area (Å²) in [7, 11) is 0. The third-order valence-corrected chi connectivity index (χ3v) is 5.15. The normalized spacial score (nSPS) is 12.4. The molecule has 0 spiro atoms. The Kier molecular flexibility index (Phi) is 9.15. The van der Waals surface area contributed by atoms with Crippen LogP contribution in [-0.2, 0) is 20.7 Å². The van der Waals surface area contributed by atoms with Crippen molar-refractivity contribution in [1.29, 1.82) is 0 Å². The average Bonchev–Trinajstić information content (AvgIpc) is 2.67. The lowest BCUT2D eigenvalue weighted by molar-refractivity contribution is -0.141. The fourth-order valence-electron chi connectivity index (χ4n) is 2.75. The minimum atomic E-state index is -1.36. The number of benzene rings is 2. The predicted molar refractivity (Wildman–Crippen MR) is 125 cm³/mol. The van der Waals surface area contributed by atoms with Gasteiger partial charge >= 0.3 is 12.0 Å². The maximum absolute atomic E-state index is 13.2. The molecule has 0 aromatic heterocycles. The lowest BCUT2D eigenvalue weighted by Gasteiger charge is -2.30. The Hall–Kier alpha value is -2.29. The maximum Gasteiger partial charge on any atom is 0.325 e. The highest BCUT2D eigenvalue weighted by atomic mass is 79.9. The average molecular weight is 531 g/mol. The lowest BCUT2D eigenvalue weighted by atomic mass is 9.91. The summed E-state index contributed by atoms with van der Waals surface area (Å²) >= 11 is 15.4. The zero-order valence-electron chi connectivity index (χ0n) is 16.9. The number of hydrogen-bond acceptors (Lipinski definition) is 4. The molecule has 2 aromatic rings. The summed E-state index contributed by atoms with van der Waals surface area (Å²) < 4.78 is 5.67. The second-order valence-corrected chi connectivity index (χ2v) is 8.65. The second kappa shape index (κ2) is 11.4. The van der Waals surface area contributed by atoms with E-state index in [1.807, 2.05) is 24.3 Å². The first kappa shape index (κ1) is 25.0. The van der Waals surface area contributed by atoms with Gasteiger partial charge in [0.1, 0.15) is 12.1 Å². The van der Waals surface area contributed by atoms with Crippen molar-refractivity contribution in [2.45, 2.75) is 25.8 Å². The molecule has 2 rings (SSSR count). The molecule has 0 aliphatic carbocycles. The second-order valence-electron chi connectivity index (χ2n) is 6.86. The first-order valence-electron chi connectivity index (χ1n) is 9.35. The standard InChI is InChI=1S/C21H22BrCl2N3O4/c1-3-31-18(28)12-25-20(30)27-21(2,11-13-4-6-14(22)7-5-13)19(29)26-17-9-15(23)8-16(24)10-17/h4-10H,3,11-12H2,1-2H3,(H,26,29)(H2,25,27,30). The van der Waals surface area contributed by atoms with E-state index in [4.69, 9.17) is 27.9 Å². The molecule has 166 valence electrons. The van der Waals surface area contributed by atoms with E-state index in [1.54, 1.807) is 32.0 Å². The van der Waals surface area contributed by atoms with Crippen LogP contribution in [0.2, 0.25) is 10.0 Å². The van der Waals surface area contributed by atoms with Gasteiger partial charge in [0.15, 0.2) is 0 Å². The first-order chi connectivity index (χ1) is 14.6. The highest BCUT2D eigenvalue weighted by Gasteiger charge is 2.35. The lowest BCUT2D eigenvalue weighted by Crippen LogP contribution is -2.58. The van der Waals surface area contributed by atoms with E-state index in [0.29, 0.717) is 15.7 Å². The molecule has 7 nitrogen and oxygen atoms in total. The van der Waals surface area contributed by atoms with Gasteiger partial charge in [0, 0.05) is 26.6 Å². The van der Waals surface area contributed by atoms with Gasteiger partial charge in [-0.3, -0.25) is 9.59 Å². The van der Waals surface area contributed by atoms with E-state index in [2.05, 4.69) is 31.9 Å². The zero-order valence-corrected chi connectivity index (χ0v) is 20.0. The van der Waals surface area contributed by atoms with Gasteiger partial charge in [-0.15, -0.1) is 0 Å². The summed E-state index contributed by atoms with van der Waals surface area (Å²) in [6.45, 7) is 3.13. The summed E-state index contributed by atoms with van der Waals surface area (Å²) in [6, 6.07) is 11.3. The number of carbonyl (C=O) groups is 3. The number of carbonyl (C=O) groups excluding carboxylic acids is 3. The van der Waals surface area contributed by atoms with Gasteiger partial charge in [0.05, 0.1) is 6.61 Å². The quantitative estimate of drug-likeness (QED) is 0.436. The third-order valence-electron chi connectivity index (χ3n) is 4.18. The molecule has 1 atom stereocenters. The minimum Gasteiger partial charge on any atom is -0.465 e. The molecule has 0 radical (unpaired) electrons. The first-order valence-corrected chi connectivity index (χ1v) is 10.9. The third kappa shape index (κ3) is 8.05. The predicted octanol–water partition coefficient (Wildman–Crippen LogP) is 4.56. The Labute approximate surface area is 198 Å². The number of esters is 1. The van der Waals surface area contributed by atoms with E-state index < -0.39 is 23.4 Å². The van der Waals surface area contributed by atoms with Crippen LogP contribution < -0.4 is 16.0 Å². The largest absolute Gasteiger partial charge is 0.465 e. The van der Waals surface area contributed by atoms with E-state index in [1.165, 1.54) is 0 Å². The number of hydrogen-bond donors (Lipinski definition) is 3. The van der Waals surface area contributed by atoms with Gasteiger partial charge in [-0.25, -0.2) is 4.79 Å². The van der Waals surface area contributed by atoms with Gasteiger partial charge in [-0.1, -0.05) is 51.3 Å². The summed E-state index contributed by atoms with van der Waals surface area (Å²) in [5.74, 6) is -1.06. The monoisotopic (exact) mass is 529 g/mol. The molecule has 0 saturated heterocycles. The van der Waals surface area contributed by atoms with Crippen molar-refractivity contribution < 1.29 is 19.1 Å². The topological polar surface area (TPSA) is 96.5 Å². The molecule has 0 saturated carbocycles. The molecule has 10 heteroatoms. The number of amides is 3. The molecule has 31 heavy (non-hydrogen) atoms. The van der Waals surface area contributed by atoms with Crippen LogP contribution in [0, 0.1) is 0 Å². The maximum atomic E-state index is 13.2. The van der Waals surface area contributed by atoms with E-state index in [0.717, 1.165) is 10.0 Å². The number of ether oxygens (including phenoxy) is 1. The van der Waals surface area contributed by atoms with Crippen LogP contribution in [0.1, 0.15) is 19.4 Å². The van der Waals surface area contributed by atoms with Crippen molar-refractivity contribution >= 4 is 62.7 Å². The van der Waals surface area contributed by atoms with Crippen LogP contribution in [0.3, 0.4) is 0 Å². The molecular weight excluding hydrogens is 509 g/mol.